The van der Waals surface area contributed by atoms with E-state index in [-0.39, 0.29) is 24.2 Å². The number of piperidine rings is 1. The lowest BCUT2D eigenvalue weighted by molar-refractivity contribution is -0.155. The molecule has 1 N–H and O–H groups in total. The monoisotopic (exact) mass is 426 g/mol. The molecule has 1 aromatic heterocycles. The van der Waals surface area contributed by atoms with E-state index in [1.54, 1.807) is 24.8 Å². The minimum Gasteiger partial charge on any atom is -0.459 e. The topological polar surface area (TPSA) is 88.9 Å². The molecule has 0 aliphatic carbocycles. The van der Waals surface area contributed by atoms with E-state index in [0.29, 0.717) is 19.0 Å². The summed E-state index contributed by atoms with van der Waals surface area (Å²) in [5.74, 6) is -0.847. The number of amides is 2. The van der Waals surface area contributed by atoms with Crippen molar-refractivity contribution in [2.75, 3.05) is 19.7 Å². The van der Waals surface area contributed by atoms with Gasteiger partial charge >= 0.3 is 5.97 Å². The van der Waals surface area contributed by atoms with Gasteiger partial charge in [-0.05, 0) is 48.8 Å². The normalized spacial score (nSPS) is 15.5. The van der Waals surface area contributed by atoms with Crippen LogP contribution in [0.4, 0.5) is 0 Å². The first-order chi connectivity index (χ1) is 14.9. The predicted octanol–water partition coefficient (Wildman–Crippen LogP) is 3.06. The van der Waals surface area contributed by atoms with Crippen molar-refractivity contribution in [1.82, 2.24) is 10.2 Å². The van der Waals surface area contributed by atoms with Crippen LogP contribution in [0, 0.1) is 11.8 Å². The van der Waals surface area contributed by atoms with Crippen LogP contribution in [0.1, 0.15) is 42.8 Å². The highest BCUT2D eigenvalue weighted by atomic mass is 16.5. The average molecular weight is 427 g/mol. The molecule has 2 aromatic rings. The molecular weight excluding hydrogens is 396 g/mol. The first-order valence-corrected chi connectivity index (χ1v) is 10.8. The molecule has 2 heterocycles. The largest absolute Gasteiger partial charge is 0.459 e. The Labute approximate surface area is 182 Å². The Hall–Kier alpha value is -3.09. The summed E-state index contributed by atoms with van der Waals surface area (Å²) in [5, 5.41) is 2.62. The molecule has 166 valence electrons. The second kappa shape index (κ2) is 10.8. The molecule has 1 aliphatic rings. The van der Waals surface area contributed by atoms with E-state index >= 15 is 0 Å². The maximum absolute atomic E-state index is 12.5. The summed E-state index contributed by atoms with van der Waals surface area (Å²) in [6.07, 6.45) is 4.27. The van der Waals surface area contributed by atoms with Crippen molar-refractivity contribution in [1.29, 1.82) is 0 Å². The zero-order valence-electron chi connectivity index (χ0n) is 18.1. The molecule has 1 fully saturated rings. The second-order valence-corrected chi connectivity index (χ2v) is 8.29. The number of ether oxygens (including phenoxy) is 1. The van der Waals surface area contributed by atoms with Gasteiger partial charge in [-0.25, -0.2) is 4.79 Å². The van der Waals surface area contributed by atoms with Crippen LogP contribution < -0.4 is 5.32 Å². The van der Waals surface area contributed by atoms with Crippen LogP contribution in [0.3, 0.4) is 0 Å². The van der Waals surface area contributed by atoms with Crippen molar-refractivity contribution < 1.29 is 23.5 Å². The maximum Gasteiger partial charge on any atom is 0.329 e. The molecule has 0 spiro atoms. The molecule has 3 rings (SSSR count). The van der Waals surface area contributed by atoms with E-state index in [1.165, 1.54) is 17.9 Å². The van der Waals surface area contributed by atoms with Crippen LogP contribution in [0.15, 0.2) is 53.1 Å². The summed E-state index contributed by atoms with van der Waals surface area (Å²) in [5.41, 5.74) is 1.32. The number of benzene rings is 1. The average Bonchev–Trinajstić information content (AvgIpc) is 3.31. The van der Waals surface area contributed by atoms with Gasteiger partial charge in [0.2, 0.25) is 0 Å². The number of hydrogen-bond acceptors (Lipinski definition) is 5. The van der Waals surface area contributed by atoms with Gasteiger partial charge in [-0.1, -0.05) is 44.2 Å². The summed E-state index contributed by atoms with van der Waals surface area (Å²) >= 11 is 0. The Morgan fingerprint density at radius 3 is 2.42 bits per heavy atom. The predicted molar refractivity (Wildman–Crippen MR) is 115 cm³/mol. The standard InChI is InChI=1S/C24H30N2O5/c1-17(2)22(25-23(28)20-9-6-14-30-20)24(29)31-16-21(27)26-12-10-19(11-13-26)15-18-7-4-3-5-8-18/h3-9,14,17,19,22H,10-13,15-16H2,1-2H3,(H,25,28)/t22-/m0/s1. The van der Waals surface area contributed by atoms with Crippen molar-refractivity contribution in [2.45, 2.75) is 39.2 Å². The van der Waals surface area contributed by atoms with Crippen LogP contribution in [0.25, 0.3) is 0 Å². The third-order valence-corrected chi connectivity index (χ3v) is 5.62. The quantitative estimate of drug-likeness (QED) is 0.656. The molecule has 2 amide bonds. The Kier molecular flexibility index (Phi) is 7.87. The lowest BCUT2D eigenvalue weighted by Gasteiger charge is -2.32. The first kappa shape index (κ1) is 22.6. The molecular formula is C24H30N2O5. The number of furan rings is 1. The summed E-state index contributed by atoms with van der Waals surface area (Å²) in [6.45, 7) is 4.61. The number of nitrogens with one attached hydrogen (secondary N) is 1. The molecule has 1 atom stereocenters. The zero-order chi connectivity index (χ0) is 22.2. The summed E-state index contributed by atoms with van der Waals surface area (Å²) in [6, 6.07) is 12.6. The highest BCUT2D eigenvalue weighted by Gasteiger charge is 2.29. The van der Waals surface area contributed by atoms with Crippen LogP contribution in [-0.4, -0.2) is 48.4 Å². The minimum atomic E-state index is -0.859. The molecule has 0 saturated carbocycles. The van der Waals surface area contributed by atoms with E-state index in [2.05, 4.69) is 17.4 Å². The van der Waals surface area contributed by atoms with Crippen LogP contribution >= 0.6 is 0 Å². The van der Waals surface area contributed by atoms with Crippen molar-refractivity contribution >= 4 is 17.8 Å². The SMILES string of the molecule is CC(C)[C@H](NC(=O)c1ccco1)C(=O)OCC(=O)N1CCC(Cc2ccccc2)CC1. The van der Waals surface area contributed by atoms with Crippen LogP contribution in [0.2, 0.25) is 0 Å². The van der Waals surface area contributed by atoms with E-state index in [0.717, 1.165) is 19.3 Å². The molecule has 0 unspecified atom stereocenters. The molecule has 7 heteroatoms. The van der Waals surface area contributed by atoms with Gasteiger partial charge in [0, 0.05) is 13.1 Å². The Morgan fingerprint density at radius 1 is 1.10 bits per heavy atom. The maximum atomic E-state index is 12.5. The summed E-state index contributed by atoms with van der Waals surface area (Å²) in [7, 11) is 0. The number of rotatable bonds is 8. The van der Waals surface area contributed by atoms with Gasteiger partial charge in [-0.3, -0.25) is 9.59 Å². The van der Waals surface area contributed by atoms with Crippen molar-refractivity contribution in [3.63, 3.8) is 0 Å². The fraction of sp³-hybridized carbons (Fsp3) is 0.458. The van der Waals surface area contributed by atoms with Crippen molar-refractivity contribution in [3.8, 4) is 0 Å². The van der Waals surface area contributed by atoms with Gasteiger partial charge in [0.1, 0.15) is 6.04 Å². The molecule has 1 aromatic carbocycles. The molecule has 1 aliphatic heterocycles. The Balaban J connectivity index is 1.43. The number of carbonyl (C=O) groups excluding carboxylic acids is 3. The van der Waals surface area contributed by atoms with Gasteiger partial charge in [0.05, 0.1) is 6.26 Å². The fourth-order valence-corrected chi connectivity index (χ4v) is 3.77. The molecule has 1 saturated heterocycles. The number of esters is 1. The zero-order valence-corrected chi connectivity index (χ0v) is 18.1. The fourth-order valence-electron chi connectivity index (χ4n) is 3.77. The smallest absolute Gasteiger partial charge is 0.329 e. The molecule has 7 nitrogen and oxygen atoms in total. The van der Waals surface area contributed by atoms with E-state index in [9.17, 15) is 14.4 Å². The van der Waals surface area contributed by atoms with Gasteiger partial charge in [0.15, 0.2) is 12.4 Å². The van der Waals surface area contributed by atoms with Crippen LogP contribution in [-0.2, 0) is 20.7 Å². The number of likely N-dealkylation sites (tertiary alicyclic amines) is 1. The minimum absolute atomic E-state index is 0.118. The second-order valence-electron chi connectivity index (χ2n) is 8.29. The van der Waals surface area contributed by atoms with E-state index < -0.39 is 17.9 Å². The van der Waals surface area contributed by atoms with Gasteiger partial charge in [-0.2, -0.15) is 0 Å². The highest BCUT2D eigenvalue weighted by molar-refractivity contribution is 5.94. The number of hydrogen-bond donors (Lipinski definition) is 1. The van der Waals surface area contributed by atoms with E-state index in [1.807, 2.05) is 18.2 Å². The Morgan fingerprint density at radius 2 is 1.81 bits per heavy atom. The number of nitrogens with zero attached hydrogens (tertiary/aromatic N) is 1. The summed E-state index contributed by atoms with van der Waals surface area (Å²) in [4.78, 5) is 38.9. The molecule has 0 bridgehead atoms. The number of carbonyl (C=O) groups is 3. The first-order valence-electron chi connectivity index (χ1n) is 10.8. The van der Waals surface area contributed by atoms with Gasteiger partial charge in [-0.15, -0.1) is 0 Å². The molecule has 0 radical (unpaired) electrons. The van der Waals surface area contributed by atoms with Gasteiger partial charge < -0.3 is 19.4 Å². The van der Waals surface area contributed by atoms with Crippen LogP contribution in [0.5, 0.6) is 0 Å². The molecule has 31 heavy (non-hydrogen) atoms. The van der Waals surface area contributed by atoms with Crippen molar-refractivity contribution in [2.24, 2.45) is 11.8 Å². The van der Waals surface area contributed by atoms with Crippen molar-refractivity contribution in [3.05, 3.63) is 60.1 Å². The lowest BCUT2D eigenvalue weighted by atomic mass is 9.90. The van der Waals surface area contributed by atoms with Gasteiger partial charge in [0.25, 0.3) is 11.8 Å². The summed E-state index contributed by atoms with van der Waals surface area (Å²) < 4.78 is 10.3. The highest BCUT2D eigenvalue weighted by Crippen LogP contribution is 2.21. The third-order valence-electron chi connectivity index (χ3n) is 5.62. The lowest BCUT2D eigenvalue weighted by Crippen LogP contribution is -2.47. The third kappa shape index (κ3) is 6.44. The van der Waals surface area contributed by atoms with E-state index in [4.69, 9.17) is 9.15 Å². The Bertz CT molecular complexity index is 855.